The molecule has 0 aromatic rings. The molecule has 0 radical (unpaired) electrons. The first-order valence-electron chi connectivity index (χ1n) is 6.34. The van der Waals surface area contributed by atoms with Crippen molar-refractivity contribution in [3.05, 3.63) is 0 Å². The fourth-order valence-electron chi connectivity index (χ4n) is 3.01. The molecule has 2 unspecified atom stereocenters. The maximum Gasteiger partial charge on any atom is 0.0611 e. The molecule has 3 N–H and O–H groups in total. The van der Waals surface area contributed by atoms with Gasteiger partial charge in [0.2, 0.25) is 0 Å². The minimum atomic E-state index is -0.300. The van der Waals surface area contributed by atoms with E-state index in [4.69, 9.17) is 5.73 Å². The third-order valence-corrected chi connectivity index (χ3v) is 4.02. The van der Waals surface area contributed by atoms with E-state index in [1.165, 1.54) is 25.7 Å². The van der Waals surface area contributed by atoms with E-state index in [9.17, 15) is 5.11 Å². The van der Waals surface area contributed by atoms with Gasteiger partial charge in [0.05, 0.1) is 6.61 Å². The van der Waals surface area contributed by atoms with Crippen molar-refractivity contribution in [1.82, 2.24) is 4.90 Å². The second kappa shape index (κ2) is 4.40. The average Bonchev–Trinajstić information content (AvgIpc) is 3.04. The third-order valence-electron chi connectivity index (χ3n) is 4.02. The minimum Gasteiger partial charge on any atom is -0.394 e. The van der Waals surface area contributed by atoms with E-state index < -0.39 is 0 Å². The van der Waals surface area contributed by atoms with Gasteiger partial charge in [-0.3, -0.25) is 4.90 Å². The summed E-state index contributed by atoms with van der Waals surface area (Å²) in [4.78, 5) is 2.61. The van der Waals surface area contributed by atoms with Crippen LogP contribution in [0.25, 0.3) is 0 Å². The number of nitrogens with two attached hydrogens (primary N) is 1. The summed E-state index contributed by atoms with van der Waals surface area (Å²) in [6, 6.07) is 1.44. The van der Waals surface area contributed by atoms with Crippen LogP contribution in [-0.2, 0) is 0 Å². The normalized spacial score (nSPS) is 37.2. The average molecular weight is 212 g/mol. The smallest absolute Gasteiger partial charge is 0.0611 e. The molecule has 3 nitrogen and oxygen atoms in total. The molecule has 15 heavy (non-hydrogen) atoms. The van der Waals surface area contributed by atoms with Crippen LogP contribution in [-0.4, -0.2) is 40.8 Å². The molecule has 0 heterocycles. The molecular formula is C12H24N2O. The number of nitrogens with zero attached hydrogens (tertiary/aromatic N) is 1. The molecule has 0 spiro atoms. The SMILES string of the molecule is CCN(C1CC1)C1CCCC(N)(CO)C1. The topological polar surface area (TPSA) is 49.5 Å². The van der Waals surface area contributed by atoms with Gasteiger partial charge < -0.3 is 10.8 Å². The highest BCUT2D eigenvalue weighted by Crippen LogP contribution is 2.35. The van der Waals surface area contributed by atoms with Crippen LogP contribution in [0.15, 0.2) is 0 Å². The first-order chi connectivity index (χ1) is 7.18. The lowest BCUT2D eigenvalue weighted by molar-refractivity contribution is 0.0795. The van der Waals surface area contributed by atoms with Crippen molar-refractivity contribution >= 4 is 0 Å². The predicted molar refractivity (Wildman–Crippen MR) is 61.7 cm³/mol. The summed E-state index contributed by atoms with van der Waals surface area (Å²) < 4.78 is 0. The highest BCUT2D eigenvalue weighted by Gasteiger charge is 2.39. The largest absolute Gasteiger partial charge is 0.394 e. The quantitative estimate of drug-likeness (QED) is 0.734. The van der Waals surface area contributed by atoms with Gasteiger partial charge in [-0.1, -0.05) is 6.92 Å². The summed E-state index contributed by atoms with van der Waals surface area (Å²) >= 11 is 0. The van der Waals surface area contributed by atoms with Crippen LogP contribution >= 0.6 is 0 Å². The third kappa shape index (κ3) is 2.52. The van der Waals surface area contributed by atoms with E-state index in [1.807, 2.05) is 0 Å². The highest BCUT2D eigenvalue weighted by molar-refractivity contribution is 4.97. The lowest BCUT2D eigenvalue weighted by Gasteiger charge is -2.41. The Hall–Kier alpha value is -0.120. The van der Waals surface area contributed by atoms with E-state index in [0.717, 1.165) is 25.4 Å². The van der Waals surface area contributed by atoms with E-state index in [-0.39, 0.29) is 12.1 Å². The Labute approximate surface area is 92.6 Å². The number of rotatable bonds is 4. The Balaban J connectivity index is 1.96. The van der Waals surface area contributed by atoms with Gasteiger partial charge >= 0.3 is 0 Å². The second-order valence-corrected chi connectivity index (χ2v) is 5.33. The molecule has 2 aliphatic rings. The molecule has 0 saturated heterocycles. The number of aliphatic hydroxyl groups excluding tert-OH is 1. The Bertz CT molecular complexity index is 218. The number of hydrogen-bond acceptors (Lipinski definition) is 3. The minimum absolute atomic E-state index is 0.145. The van der Waals surface area contributed by atoms with Crippen LogP contribution in [0.2, 0.25) is 0 Å². The first-order valence-corrected chi connectivity index (χ1v) is 6.34. The van der Waals surface area contributed by atoms with Crippen LogP contribution in [0, 0.1) is 0 Å². The Morgan fingerprint density at radius 1 is 1.33 bits per heavy atom. The van der Waals surface area contributed by atoms with Crippen LogP contribution < -0.4 is 5.73 Å². The summed E-state index contributed by atoms with van der Waals surface area (Å²) in [5.41, 5.74) is 5.88. The van der Waals surface area contributed by atoms with Gasteiger partial charge in [0.25, 0.3) is 0 Å². The Kier molecular flexibility index (Phi) is 3.33. The molecule has 88 valence electrons. The fraction of sp³-hybridized carbons (Fsp3) is 1.00. The Morgan fingerprint density at radius 3 is 2.60 bits per heavy atom. The van der Waals surface area contributed by atoms with Crippen molar-refractivity contribution in [1.29, 1.82) is 0 Å². The van der Waals surface area contributed by atoms with Gasteiger partial charge in [0.15, 0.2) is 0 Å². The van der Waals surface area contributed by atoms with Crippen molar-refractivity contribution in [2.45, 2.75) is 63.1 Å². The predicted octanol–water partition coefficient (Wildman–Crippen LogP) is 1.10. The molecule has 0 amide bonds. The van der Waals surface area contributed by atoms with Gasteiger partial charge in [0, 0.05) is 17.6 Å². The molecule has 2 rings (SSSR count). The monoisotopic (exact) mass is 212 g/mol. The molecule has 2 fully saturated rings. The highest BCUT2D eigenvalue weighted by atomic mass is 16.3. The van der Waals surface area contributed by atoms with Crippen molar-refractivity contribution in [3.63, 3.8) is 0 Å². The van der Waals surface area contributed by atoms with E-state index >= 15 is 0 Å². The molecule has 0 aliphatic heterocycles. The van der Waals surface area contributed by atoms with Crippen molar-refractivity contribution in [3.8, 4) is 0 Å². The fourth-order valence-corrected chi connectivity index (χ4v) is 3.01. The zero-order chi connectivity index (χ0) is 10.9. The molecule has 0 aromatic heterocycles. The number of aliphatic hydroxyl groups is 1. The molecule has 2 saturated carbocycles. The van der Waals surface area contributed by atoms with Crippen molar-refractivity contribution in [2.75, 3.05) is 13.2 Å². The summed E-state index contributed by atoms with van der Waals surface area (Å²) in [5.74, 6) is 0. The lowest BCUT2D eigenvalue weighted by Crippen LogP contribution is -2.53. The molecular weight excluding hydrogens is 188 g/mol. The molecule has 0 aromatic carbocycles. The zero-order valence-electron chi connectivity index (χ0n) is 9.78. The summed E-state index contributed by atoms with van der Waals surface area (Å²) in [6.45, 7) is 3.52. The summed E-state index contributed by atoms with van der Waals surface area (Å²) in [6.07, 6.45) is 7.13. The van der Waals surface area contributed by atoms with Gasteiger partial charge in [0.1, 0.15) is 0 Å². The maximum atomic E-state index is 9.33. The van der Waals surface area contributed by atoms with E-state index in [1.54, 1.807) is 0 Å². The van der Waals surface area contributed by atoms with Gasteiger partial charge in [-0.15, -0.1) is 0 Å². The standard InChI is InChI=1S/C12H24N2O/c1-2-14(10-5-6-10)11-4-3-7-12(13,8-11)9-15/h10-11,15H,2-9,13H2,1H3. The summed E-state index contributed by atoms with van der Waals surface area (Å²) in [5, 5.41) is 9.33. The Morgan fingerprint density at radius 2 is 2.07 bits per heavy atom. The molecule has 3 heteroatoms. The number of hydrogen-bond donors (Lipinski definition) is 2. The molecule has 2 atom stereocenters. The van der Waals surface area contributed by atoms with Crippen molar-refractivity contribution < 1.29 is 5.11 Å². The second-order valence-electron chi connectivity index (χ2n) is 5.33. The van der Waals surface area contributed by atoms with Crippen LogP contribution in [0.5, 0.6) is 0 Å². The van der Waals surface area contributed by atoms with Gasteiger partial charge in [-0.25, -0.2) is 0 Å². The lowest BCUT2D eigenvalue weighted by atomic mass is 9.79. The van der Waals surface area contributed by atoms with Gasteiger partial charge in [-0.05, 0) is 45.1 Å². The van der Waals surface area contributed by atoms with Gasteiger partial charge in [-0.2, -0.15) is 0 Å². The zero-order valence-corrected chi connectivity index (χ0v) is 9.78. The maximum absolute atomic E-state index is 9.33. The molecule has 2 aliphatic carbocycles. The molecule has 0 bridgehead atoms. The van der Waals surface area contributed by atoms with Crippen molar-refractivity contribution in [2.24, 2.45) is 5.73 Å². The van der Waals surface area contributed by atoms with Crippen LogP contribution in [0.3, 0.4) is 0 Å². The van der Waals surface area contributed by atoms with Crippen LogP contribution in [0.4, 0.5) is 0 Å². The van der Waals surface area contributed by atoms with Crippen LogP contribution in [0.1, 0.15) is 45.4 Å². The first kappa shape index (κ1) is 11.4. The van der Waals surface area contributed by atoms with E-state index in [2.05, 4.69) is 11.8 Å². The van der Waals surface area contributed by atoms with E-state index in [0.29, 0.717) is 6.04 Å². The summed E-state index contributed by atoms with van der Waals surface area (Å²) in [7, 11) is 0.